The smallest absolute Gasteiger partial charge is 0.241 e. The zero-order valence-corrected chi connectivity index (χ0v) is 16.7. The van der Waals surface area contributed by atoms with Crippen LogP contribution in [0.1, 0.15) is 5.89 Å². The summed E-state index contributed by atoms with van der Waals surface area (Å²) in [6.07, 6.45) is 2.06. The van der Waals surface area contributed by atoms with E-state index >= 15 is 0 Å². The summed E-state index contributed by atoms with van der Waals surface area (Å²) in [6.45, 7) is 4.55. The molecule has 1 fully saturated rings. The number of hydrogen-bond donors (Lipinski definition) is 0. The highest BCUT2D eigenvalue weighted by Gasteiger charge is 2.19. The van der Waals surface area contributed by atoms with Crippen molar-refractivity contribution in [3.8, 4) is 11.4 Å². The monoisotopic (exact) mass is 400 g/mol. The molecule has 1 aromatic heterocycles. The molecule has 1 aliphatic rings. The molecule has 0 N–H and O–H groups in total. The molecule has 1 aliphatic heterocycles. The summed E-state index contributed by atoms with van der Waals surface area (Å²) in [5.74, 6) is 1.32. The molecule has 4 rings (SSSR count). The number of aromatic nitrogens is 2. The molecular weight excluding hydrogens is 380 g/mol. The molecule has 0 radical (unpaired) electrons. The third-order valence-corrected chi connectivity index (χ3v) is 5.73. The van der Waals surface area contributed by atoms with E-state index in [0.717, 1.165) is 36.8 Å². The van der Waals surface area contributed by atoms with Crippen LogP contribution in [-0.2, 0) is 6.54 Å². The van der Waals surface area contributed by atoms with Crippen molar-refractivity contribution in [2.45, 2.75) is 11.4 Å². The maximum absolute atomic E-state index is 5.97. The van der Waals surface area contributed by atoms with Gasteiger partial charge < -0.3 is 9.42 Å². The highest BCUT2D eigenvalue weighted by atomic mass is 35.5. The maximum atomic E-state index is 5.97. The number of anilines is 1. The van der Waals surface area contributed by atoms with Crippen LogP contribution in [0.3, 0.4) is 0 Å². The first-order valence-electron chi connectivity index (χ1n) is 8.91. The first kappa shape index (κ1) is 18.3. The highest BCUT2D eigenvalue weighted by molar-refractivity contribution is 7.98. The predicted molar refractivity (Wildman–Crippen MR) is 110 cm³/mol. The predicted octanol–water partition coefficient (Wildman–Crippen LogP) is 4.43. The Balaban J connectivity index is 1.34. The number of benzene rings is 2. The van der Waals surface area contributed by atoms with Gasteiger partial charge in [-0.3, -0.25) is 4.90 Å². The number of piperazine rings is 1. The van der Waals surface area contributed by atoms with Gasteiger partial charge in [0.1, 0.15) is 0 Å². The third-order valence-electron chi connectivity index (χ3n) is 4.74. The quantitative estimate of drug-likeness (QED) is 0.590. The van der Waals surface area contributed by atoms with Crippen LogP contribution in [-0.4, -0.2) is 47.5 Å². The molecule has 0 amide bonds. The Kier molecular flexibility index (Phi) is 5.66. The molecular formula is C20H21ClN4OS. The Bertz CT molecular complexity index is 874. The second-order valence-electron chi connectivity index (χ2n) is 6.48. The van der Waals surface area contributed by atoms with Crippen LogP contribution >= 0.6 is 23.4 Å². The van der Waals surface area contributed by atoms with Gasteiger partial charge in [-0.2, -0.15) is 4.98 Å². The van der Waals surface area contributed by atoms with Gasteiger partial charge in [0.15, 0.2) is 0 Å². The number of thioether (sulfide) groups is 1. The fraction of sp³-hybridized carbons (Fsp3) is 0.300. The highest BCUT2D eigenvalue weighted by Crippen LogP contribution is 2.22. The maximum Gasteiger partial charge on any atom is 0.241 e. The average Bonchev–Trinajstić information content (AvgIpc) is 3.18. The van der Waals surface area contributed by atoms with Crippen molar-refractivity contribution in [1.82, 2.24) is 15.0 Å². The molecule has 5 nitrogen and oxygen atoms in total. The van der Waals surface area contributed by atoms with E-state index in [2.05, 4.69) is 50.5 Å². The van der Waals surface area contributed by atoms with Gasteiger partial charge in [0.05, 0.1) is 6.54 Å². The minimum Gasteiger partial charge on any atom is -0.369 e. The lowest BCUT2D eigenvalue weighted by Gasteiger charge is -2.35. The van der Waals surface area contributed by atoms with Gasteiger partial charge in [-0.05, 0) is 54.8 Å². The molecule has 2 heterocycles. The van der Waals surface area contributed by atoms with E-state index < -0.39 is 0 Å². The number of hydrogen-bond acceptors (Lipinski definition) is 6. The van der Waals surface area contributed by atoms with E-state index in [0.29, 0.717) is 18.3 Å². The van der Waals surface area contributed by atoms with Gasteiger partial charge in [-0.15, -0.1) is 11.8 Å². The van der Waals surface area contributed by atoms with Crippen LogP contribution in [0, 0.1) is 0 Å². The number of rotatable bonds is 5. The second kappa shape index (κ2) is 8.33. The normalized spacial score (nSPS) is 15.3. The Hall–Kier alpha value is -2.02. The first-order valence-corrected chi connectivity index (χ1v) is 10.5. The molecule has 2 aromatic carbocycles. The number of nitrogens with zero attached hydrogens (tertiary/aromatic N) is 4. The summed E-state index contributed by atoms with van der Waals surface area (Å²) >= 11 is 7.69. The molecule has 27 heavy (non-hydrogen) atoms. The molecule has 1 saturated heterocycles. The van der Waals surface area contributed by atoms with E-state index in [1.807, 2.05) is 24.3 Å². The lowest BCUT2D eigenvalue weighted by molar-refractivity contribution is 0.215. The minimum absolute atomic E-state index is 0.650. The SMILES string of the molecule is CSc1ccc(-c2noc(CN3CCN(c4ccc(Cl)cc4)CC3)n2)cc1. The van der Waals surface area contributed by atoms with E-state index in [-0.39, 0.29) is 0 Å². The van der Waals surface area contributed by atoms with E-state index in [9.17, 15) is 0 Å². The zero-order chi connectivity index (χ0) is 18.6. The first-order chi connectivity index (χ1) is 13.2. The van der Waals surface area contributed by atoms with Crippen molar-refractivity contribution in [3.63, 3.8) is 0 Å². The van der Waals surface area contributed by atoms with Crippen molar-refractivity contribution in [3.05, 3.63) is 59.4 Å². The molecule has 0 unspecified atom stereocenters. The van der Waals surface area contributed by atoms with Crippen LogP contribution in [0.2, 0.25) is 5.02 Å². The van der Waals surface area contributed by atoms with Crippen LogP contribution in [0.4, 0.5) is 5.69 Å². The van der Waals surface area contributed by atoms with Gasteiger partial charge in [0.2, 0.25) is 11.7 Å². The van der Waals surface area contributed by atoms with Crippen LogP contribution in [0.5, 0.6) is 0 Å². The van der Waals surface area contributed by atoms with Gasteiger partial charge in [-0.1, -0.05) is 16.8 Å². The Morgan fingerprint density at radius 3 is 2.37 bits per heavy atom. The molecule has 3 aromatic rings. The zero-order valence-electron chi connectivity index (χ0n) is 15.1. The standard InChI is InChI=1S/C20H21ClN4OS/c1-27-18-8-2-15(3-9-18)20-22-19(26-23-20)14-24-10-12-25(13-11-24)17-6-4-16(21)5-7-17/h2-9H,10-14H2,1H3. The topological polar surface area (TPSA) is 45.4 Å². The van der Waals surface area contributed by atoms with Crippen molar-refractivity contribution < 1.29 is 4.52 Å². The van der Waals surface area contributed by atoms with Gasteiger partial charge in [0.25, 0.3) is 0 Å². The molecule has 0 bridgehead atoms. The van der Waals surface area contributed by atoms with Gasteiger partial charge >= 0.3 is 0 Å². The number of halogens is 1. The van der Waals surface area contributed by atoms with E-state index in [1.165, 1.54) is 10.6 Å². The molecule has 0 saturated carbocycles. The molecule has 7 heteroatoms. The summed E-state index contributed by atoms with van der Waals surface area (Å²) in [4.78, 5) is 10.5. The van der Waals surface area contributed by atoms with Crippen molar-refractivity contribution >= 4 is 29.1 Å². The summed E-state index contributed by atoms with van der Waals surface area (Å²) in [5.41, 5.74) is 2.20. The second-order valence-corrected chi connectivity index (χ2v) is 7.80. The van der Waals surface area contributed by atoms with Crippen molar-refractivity contribution in [2.24, 2.45) is 0 Å². The summed E-state index contributed by atoms with van der Waals surface area (Å²) in [7, 11) is 0. The van der Waals surface area contributed by atoms with Crippen LogP contribution < -0.4 is 4.90 Å². The Labute approximate surface area is 168 Å². The third kappa shape index (κ3) is 4.46. The fourth-order valence-electron chi connectivity index (χ4n) is 3.18. The molecule has 0 spiro atoms. The van der Waals surface area contributed by atoms with Crippen molar-refractivity contribution in [2.75, 3.05) is 37.3 Å². The van der Waals surface area contributed by atoms with Crippen LogP contribution in [0.25, 0.3) is 11.4 Å². The molecule has 140 valence electrons. The van der Waals surface area contributed by atoms with Gasteiger partial charge in [-0.25, -0.2) is 0 Å². The summed E-state index contributed by atoms with van der Waals surface area (Å²) < 4.78 is 5.47. The molecule has 0 atom stereocenters. The van der Waals surface area contributed by atoms with Crippen molar-refractivity contribution in [1.29, 1.82) is 0 Å². The van der Waals surface area contributed by atoms with Crippen LogP contribution in [0.15, 0.2) is 57.9 Å². The lowest BCUT2D eigenvalue weighted by Crippen LogP contribution is -2.46. The largest absolute Gasteiger partial charge is 0.369 e. The minimum atomic E-state index is 0.650. The van der Waals surface area contributed by atoms with E-state index in [4.69, 9.17) is 16.1 Å². The Morgan fingerprint density at radius 1 is 1.00 bits per heavy atom. The Morgan fingerprint density at radius 2 is 1.70 bits per heavy atom. The summed E-state index contributed by atoms with van der Waals surface area (Å²) in [6, 6.07) is 16.2. The molecule has 0 aliphatic carbocycles. The van der Waals surface area contributed by atoms with Gasteiger partial charge in [0, 0.05) is 47.3 Å². The van der Waals surface area contributed by atoms with E-state index in [1.54, 1.807) is 11.8 Å². The summed E-state index contributed by atoms with van der Waals surface area (Å²) in [5, 5.41) is 4.91. The fourth-order valence-corrected chi connectivity index (χ4v) is 3.72. The average molecular weight is 401 g/mol. The lowest BCUT2D eigenvalue weighted by atomic mass is 10.2.